The Labute approximate surface area is 207 Å². The Balaban J connectivity index is 1.56. The Hall–Kier alpha value is -4.53. The summed E-state index contributed by atoms with van der Waals surface area (Å²) in [5.74, 6) is -2.02. The number of methoxy groups -OCH3 is 1. The number of urea groups is 1. The zero-order chi connectivity index (χ0) is 25.8. The van der Waals surface area contributed by atoms with Gasteiger partial charge in [0.15, 0.2) is 0 Å². The van der Waals surface area contributed by atoms with Crippen molar-refractivity contribution in [3.05, 3.63) is 95.3 Å². The average Bonchev–Trinajstić information content (AvgIpc) is 3.08. The van der Waals surface area contributed by atoms with Gasteiger partial charge in [-0.1, -0.05) is 29.8 Å². The van der Waals surface area contributed by atoms with Crippen LogP contribution in [0.5, 0.6) is 0 Å². The SMILES string of the molecule is COC(=O)c1ccc(NC(=O)C[C@@H]2C(=O)N(c3ccc(C)cc3)C(=O)N2Cc2cccc(F)c2)cc1. The Morgan fingerprint density at radius 1 is 1.00 bits per heavy atom. The topological polar surface area (TPSA) is 96.0 Å². The van der Waals surface area contributed by atoms with Crippen LogP contribution in [0, 0.1) is 12.7 Å². The Bertz CT molecular complexity index is 1310. The van der Waals surface area contributed by atoms with E-state index in [2.05, 4.69) is 10.1 Å². The van der Waals surface area contributed by atoms with Gasteiger partial charge in [0.05, 0.1) is 24.8 Å². The van der Waals surface area contributed by atoms with Gasteiger partial charge in [0.2, 0.25) is 5.91 Å². The number of nitrogens with zero attached hydrogens (tertiary/aromatic N) is 2. The lowest BCUT2D eigenvalue weighted by atomic mass is 10.1. The van der Waals surface area contributed by atoms with E-state index >= 15 is 0 Å². The Morgan fingerprint density at radius 2 is 1.69 bits per heavy atom. The molecule has 3 aromatic rings. The number of imide groups is 1. The number of hydrogen-bond acceptors (Lipinski definition) is 5. The largest absolute Gasteiger partial charge is 0.465 e. The minimum Gasteiger partial charge on any atom is -0.465 e. The molecule has 4 rings (SSSR count). The summed E-state index contributed by atoms with van der Waals surface area (Å²) in [5, 5.41) is 2.68. The van der Waals surface area contributed by atoms with Crippen molar-refractivity contribution >= 4 is 35.2 Å². The molecule has 0 aliphatic carbocycles. The maximum absolute atomic E-state index is 13.8. The molecule has 9 heteroatoms. The van der Waals surface area contributed by atoms with Gasteiger partial charge in [-0.3, -0.25) is 9.59 Å². The number of ether oxygens (including phenoxy) is 1. The monoisotopic (exact) mass is 489 g/mol. The van der Waals surface area contributed by atoms with Gasteiger partial charge < -0.3 is 15.0 Å². The second kappa shape index (κ2) is 10.4. The highest BCUT2D eigenvalue weighted by atomic mass is 19.1. The first kappa shape index (κ1) is 24.6. The van der Waals surface area contributed by atoms with Gasteiger partial charge in [0.1, 0.15) is 11.9 Å². The van der Waals surface area contributed by atoms with E-state index in [1.807, 2.05) is 6.92 Å². The lowest BCUT2D eigenvalue weighted by Crippen LogP contribution is -2.37. The van der Waals surface area contributed by atoms with E-state index in [0.29, 0.717) is 22.5 Å². The second-order valence-electron chi connectivity index (χ2n) is 8.39. The predicted octanol–water partition coefficient (Wildman–Crippen LogP) is 4.29. The molecule has 1 aliphatic rings. The van der Waals surface area contributed by atoms with E-state index in [9.17, 15) is 23.6 Å². The number of carbonyl (C=O) groups excluding carboxylic acids is 4. The number of carbonyl (C=O) groups is 4. The molecule has 4 amide bonds. The van der Waals surface area contributed by atoms with Crippen molar-refractivity contribution in [1.29, 1.82) is 0 Å². The fraction of sp³-hybridized carbons (Fsp3) is 0.185. The van der Waals surface area contributed by atoms with Crippen molar-refractivity contribution in [3.8, 4) is 0 Å². The van der Waals surface area contributed by atoms with Crippen LogP contribution in [-0.4, -0.2) is 41.9 Å². The maximum Gasteiger partial charge on any atom is 0.337 e. The lowest BCUT2D eigenvalue weighted by molar-refractivity contribution is -0.124. The molecule has 0 saturated carbocycles. The molecule has 184 valence electrons. The van der Waals surface area contributed by atoms with Crippen LogP contribution in [0.1, 0.15) is 27.9 Å². The zero-order valence-electron chi connectivity index (χ0n) is 19.7. The molecule has 0 unspecified atom stereocenters. The molecule has 3 aromatic carbocycles. The predicted molar refractivity (Wildman–Crippen MR) is 131 cm³/mol. The fourth-order valence-corrected chi connectivity index (χ4v) is 3.97. The van der Waals surface area contributed by atoms with Crippen molar-refractivity contribution in [2.75, 3.05) is 17.3 Å². The zero-order valence-corrected chi connectivity index (χ0v) is 19.7. The van der Waals surface area contributed by atoms with Crippen LogP contribution in [0.2, 0.25) is 0 Å². The summed E-state index contributed by atoms with van der Waals surface area (Å²) in [4.78, 5) is 53.5. The van der Waals surface area contributed by atoms with Crippen LogP contribution in [-0.2, 0) is 20.9 Å². The number of anilines is 2. The number of aryl methyl sites for hydroxylation is 1. The molecular weight excluding hydrogens is 465 g/mol. The molecule has 1 fully saturated rings. The highest BCUT2D eigenvalue weighted by molar-refractivity contribution is 6.22. The number of esters is 1. The van der Waals surface area contributed by atoms with Crippen molar-refractivity contribution in [2.24, 2.45) is 0 Å². The standard InChI is InChI=1S/C27H24FN3O5/c1-17-6-12-22(13-7-17)31-25(33)23(30(27(31)35)16-18-4-3-5-20(28)14-18)15-24(32)29-21-10-8-19(9-11-21)26(34)36-2/h3-14,23H,15-16H2,1-2H3,(H,29,32)/t23-/m1/s1. The third-order valence-corrected chi connectivity index (χ3v) is 5.82. The second-order valence-corrected chi connectivity index (χ2v) is 8.39. The summed E-state index contributed by atoms with van der Waals surface area (Å²) in [6, 6.07) is 17.0. The summed E-state index contributed by atoms with van der Waals surface area (Å²) >= 11 is 0. The quantitative estimate of drug-likeness (QED) is 0.395. The van der Waals surface area contributed by atoms with Crippen molar-refractivity contribution < 1.29 is 28.3 Å². The van der Waals surface area contributed by atoms with Crippen LogP contribution in [0.15, 0.2) is 72.8 Å². The molecule has 1 heterocycles. The molecule has 1 aliphatic heterocycles. The molecule has 0 aromatic heterocycles. The molecular formula is C27H24FN3O5. The van der Waals surface area contributed by atoms with Crippen molar-refractivity contribution in [1.82, 2.24) is 4.90 Å². The molecule has 0 radical (unpaired) electrons. The van der Waals surface area contributed by atoms with Gasteiger partial charge in [0.25, 0.3) is 5.91 Å². The molecule has 1 atom stereocenters. The highest BCUT2D eigenvalue weighted by Gasteiger charge is 2.46. The molecule has 0 spiro atoms. The molecule has 8 nitrogen and oxygen atoms in total. The van der Waals surface area contributed by atoms with E-state index in [1.54, 1.807) is 30.3 Å². The summed E-state index contributed by atoms with van der Waals surface area (Å²) in [5.41, 5.74) is 2.58. The lowest BCUT2D eigenvalue weighted by Gasteiger charge is -2.21. The van der Waals surface area contributed by atoms with Crippen LogP contribution in [0.25, 0.3) is 0 Å². The number of rotatable bonds is 7. The molecule has 1 N–H and O–H groups in total. The Kier molecular flexibility index (Phi) is 7.10. The first-order valence-electron chi connectivity index (χ1n) is 11.2. The van der Waals surface area contributed by atoms with Crippen LogP contribution >= 0.6 is 0 Å². The Morgan fingerprint density at radius 3 is 2.33 bits per heavy atom. The van der Waals surface area contributed by atoms with Crippen molar-refractivity contribution in [3.63, 3.8) is 0 Å². The van der Waals surface area contributed by atoms with Gasteiger partial charge in [-0.15, -0.1) is 0 Å². The van der Waals surface area contributed by atoms with Gasteiger partial charge in [-0.2, -0.15) is 0 Å². The average molecular weight is 490 g/mol. The van der Waals surface area contributed by atoms with E-state index in [0.717, 1.165) is 10.5 Å². The number of halogens is 1. The molecule has 36 heavy (non-hydrogen) atoms. The van der Waals surface area contributed by atoms with Crippen LogP contribution in [0.3, 0.4) is 0 Å². The number of hydrogen-bond donors (Lipinski definition) is 1. The maximum atomic E-state index is 13.8. The normalized spacial score (nSPS) is 15.2. The number of nitrogens with one attached hydrogen (secondary N) is 1. The van der Waals surface area contributed by atoms with E-state index in [4.69, 9.17) is 0 Å². The van der Waals surface area contributed by atoms with Gasteiger partial charge in [-0.25, -0.2) is 18.9 Å². The summed E-state index contributed by atoms with van der Waals surface area (Å²) in [7, 11) is 1.27. The van der Waals surface area contributed by atoms with E-state index in [1.165, 1.54) is 54.5 Å². The van der Waals surface area contributed by atoms with E-state index in [-0.39, 0.29) is 13.0 Å². The van der Waals surface area contributed by atoms with Gasteiger partial charge in [0, 0.05) is 12.2 Å². The first-order valence-corrected chi connectivity index (χ1v) is 11.2. The van der Waals surface area contributed by atoms with Crippen LogP contribution in [0.4, 0.5) is 20.6 Å². The fourth-order valence-electron chi connectivity index (χ4n) is 3.97. The minimum absolute atomic E-state index is 0.0452. The summed E-state index contributed by atoms with van der Waals surface area (Å²) < 4.78 is 18.4. The minimum atomic E-state index is -1.09. The van der Waals surface area contributed by atoms with Crippen LogP contribution < -0.4 is 10.2 Å². The highest BCUT2D eigenvalue weighted by Crippen LogP contribution is 2.29. The molecule has 1 saturated heterocycles. The smallest absolute Gasteiger partial charge is 0.337 e. The third-order valence-electron chi connectivity index (χ3n) is 5.82. The van der Waals surface area contributed by atoms with Gasteiger partial charge >= 0.3 is 12.0 Å². The third kappa shape index (κ3) is 5.25. The summed E-state index contributed by atoms with van der Waals surface area (Å²) in [6.45, 7) is 1.84. The molecule has 0 bridgehead atoms. The van der Waals surface area contributed by atoms with Crippen molar-refractivity contribution in [2.45, 2.75) is 25.9 Å². The summed E-state index contributed by atoms with van der Waals surface area (Å²) in [6.07, 6.45) is -0.305. The first-order chi connectivity index (χ1) is 17.3. The van der Waals surface area contributed by atoms with Gasteiger partial charge in [-0.05, 0) is 61.0 Å². The number of amides is 4. The number of benzene rings is 3. The van der Waals surface area contributed by atoms with E-state index < -0.39 is 35.7 Å².